The summed E-state index contributed by atoms with van der Waals surface area (Å²) in [6, 6.07) is 20.4. The van der Waals surface area contributed by atoms with Gasteiger partial charge in [-0.15, -0.1) is 0 Å². The van der Waals surface area contributed by atoms with E-state index in [2.05, 4.69) is 5.32 Å². The van der Waals surface area contributed by atoms with Gasteiger partial charge in [-0.2, -0.15) is 0 Å². The summed E-state index contributed by atoms with van der Waals surface area (Å²) in [5.41, 5.74) is 3.79. The van der Waals surface area contributed by atoms with E-state index in [1.54, 1.807) is 34.1 Å². The Kier molecular flexibility index (Phi) is 6.31. The van der Waals surface area contributed by atoms with E-state index in [0.29, 0.717) is 49.3 Å². The van der Waals surface area contributed by atoms with Crippen LogP contribution in [0.1, 0.15) is 39.1 Å². The monoisotopic (exact) mass is 471 g/mol. The lowest BCUT2D eigenvalue weighted by Gasteiger charge is -2.31. The molecule has 0 aromatic heterocycles. The summed E-state index contributed by atoms with van der Waals surface area (Å²) in [6.45, 7) is 1.61. The number of hydrogen-bond donors (Lipinski definition) is 1. The predicted molar refractivity (Wildman–Crippen MR) is 132 cm³/mol. The lowest BCUT2D eigenvalue weighted by Crippen LogP contribution is -2.41. The number of nitrogens with one attached hydrogen (secondary N) is 1. The zero-order chi connectivity index (χ0) is 24.4. The van der Waals surface area contributed by atoms with Gasteiger partial charge in [-0.05, 0) is 79.4 Å². The van der Waals surface area contributed by atoms with Crippen molar-refractivity contribution in [1.29, 1.82) is 0 Å². The molecule has 178 valence electrons. The fourth-order valence-electron chi connectivity index (χ4n) is 4.77. The Bertz CT molecular complexity index is 1250. The number of para-hydroxylation sites is 1. The fraction of sp³-hybridized carbons (Fsp3) is 0.250. The first kappa shape index (κ1) is 22.8. The normalized spacial score (nSPS) is 15.6. The highest BCUT2D eigenvalue weighted by molar-refractivity contribution is 6.07. The van der Waals surface area contributed by atoms with Crippen LogP contribution >= 0.6 is 0 Å². The average Bonchev–Trinajstić information content (AvgIpc) is 3.33. The molecule has 0 saturated carbocycles. The minimum Gasteiger partial charge on any atom is -0.339 e. The first-order chi connectivity index (χ1) is 17.0. The maximum atomic E-state index is 13.1. The Morgan fingerprint density at radius 2 is 1.40 bits per heavy atom. The molecule has 6 nitrogen and oxygen atoms in total. The Balaban J connectivity index is 1.15. The second kappa shape index (κ2) is 9.70. The standard InChI is InChI=1S/C28H26FN3O3/c29-23-9-5-21(6-10-23)27(34)31-16-13-20(14-17-31)26(33)30-24-11-7-22(8-12-24)28(35)32-18-15-19-3-1-2-4-25(19)32/h1-12,20H,13-18H2,(H,30,33). The summed E-state index contributed by atoms with van der Waals surface area (Å²) in [6.07, 6.45) is 1.97. The largest absolute Gasteiger partial charge is 0.339 e. The van der Waals surface area contributed by atoms with Crippen molar-refractivity contribution in [1.82, 2.24) is 4.90 Å². The van der Waals surface area contributed by atoms with Crippen molar-refractivity contribution in [2.24, 2.45) is 5.92 Å². The van der Waals surface area contributed by atoms with Crippen LogP contribution in [0, 0.1) is 11.7 Å². The molecule has 0 aliphatic carbocycles. The van der Waals surface area contributed by atoms with Gasteiger partial charge in [0.2, 0.25) is 5.91 Å². The van der Waals surface area contributed by atoms with Crippen molar-refractivity contribution in [3.05, 3.63) is 95.3 Å². The van der Waals surface area contributed by atoms with Gasteiger partial charge < -0.3 is 15.1 Å². The maximum absolute atomic E-state index is 13.1. The third-order valence-corrected chi connectivity index (χ3v) is 6.78. The highest BCUT2D eigenvalue weighted by Crippen LogP contribution is 2.29. The zero-order valence-corrected chi connectivity index (χ0v) is 19.2. The molecule has 2 heterocycles. The number of nitrogens with zero attached hydrogens (tertiary/aromatic N) is 2. The molecule has 1 fully saturated rings. The van der Waals surface area contributed by atoms with E-state index >= 15 is 0 Å². The lowest BCUT2D eigenvalue weighted by atomic mass is 9.95. The van der Waals surface area contributed by atoms with Gasteiger partial charge >= 0.3 is 0 Å². The predicted octanol–water partition coefficient (Wildman–Crippen LogP) is 4.52. The molecule has 0 spiro atoms. The Morgan fingerprint density at radius 1 is 0.771 bits per heavy atom. The number of hydrogen-bond acceptors (Lipinski definition) is 3. The lowest BCUT2D eigenvalue weighted by molar-refractivity contribution is -0.121. The molecule has 3 aromatic carbocycles. The van der Waals surface area contributed by atoms with Crippen LogP contribution in [0.5, 0.6) is 0 Å². The average molecular weight is 472 g/mol. The molecule has 2 aliphatic rings. The molecule has 35 heavy (non-hydrogen) atoms. The highest BCUT2D eigenvalue weighted by Gasteiger charge is 2.28. The highest BCUT2D eigenvalue weighted by atomic mass is 19.1. The molecule has 7 heteroatoms. The summed E-state index contributed by atoms with van der Waals surface area (Å²) < 4.78 is 13.1. The molecule has 3 aromatic rings. The number of halogens is 1. The number of amides is 3. The molecule has 0 atom stereocenters. The summed E-state index contributed by atoms with van der Waals surface area (Å²) in [5.74, 6) is -0.868. The maximum Gasteiger partial charge on any atom is 0.258 e. The first-order valence-corrected chi connectivity index (χ1v) is 11.8. The van der Waals surface area contributed by atoms with Crippen molar-refractivity contribution in [3.63, 3.8) is 0 Å². The van der Waals surface area contributed by atoms with Crippen LogP contribution in [-0.2, 0) is 11.2 Å². The number of rotatable bonds is 4. The number of carbonyl (C=O) groups is 3. The SMILES string of the molecule is O=C(Nc1ccc(C(=O)N2CCc3ccccc32)cc1)C1CCN(C(=O)c2ccc(F)cc2)CC1. The van der Waals surface area contributed by atoms with E-state index in [0.717, 1.165) is 12.1 Å². The number of piperidine rings is 1. The van der Waals surface area contributed by atoms with Gasteiger partial charge in [-0.3, -0.25) is 14.4 Å². The molecular weight excluding hydrogens is 445 g/mol. The molecule has 0 unspecified atom stereocenters. The van der Waals surface area contributed by atoms with Gasteiger partial charge in [0.25, 0.3) is 11.8 Å². The van der Waals surface area contributed by atoms with E-state index < -0.39 is 0 Å². The van der Waals surface area contributed by atoms with Crippen LogP contribution in [-0.4, -0.2) is 42.3 Å². The molecular formula is C28H26FN3O3. The summed E-state index contributed by atoms with van der Waals surface area (Å²) in [4.78, 5) is 41.9. The van der Waals surface area contributed by atoms with Crippen LogP contribution in [0.15, 0.2) is 72.8 Å². The quantitative estimate of drug-likeness (QED) is 0.608. The van der Waals surface area contributed by atoms with E-state index in [9.17, 15) is 18.8 Å². The molecule has 1 saturated heterocycles. The summed E-state index contributed by atoms with van der Waals surface area (Å²) in [7, 11) is 0. The Hall–Kier alpha value is -4.00. The van der Waals surface area contributed by atoms with Gasteiger partial charge in [0, 0.05) is 48.1 Å². The van der Waals surface area contributed by atoms with Gasteiger partial charge in [-0.25, -0.2) is 4.39 Å². The zero-order valence-electron chi connectivity index (χ0n) is 19.2. The summed E-state index contributed by atoms with van der Waals surface area (Å²) in [5, 5.41) is 2.94. The van der Waals surface area contributed by atoms with Crippen molar-refractivity contribution in [2.45, 2.75) is 19.3 Å². The Morgan fingerprint density at radius 3 is 2.11 bits per heavy atom. The van der Waals surface area contributed by atoms with Crippen LogP contribution in [0.25, 0.3) is 0 Å². The van der Waals surface area contributed by atoms with Crippen LogP contribution < -0.4 is 10.2 Å². The third kappa shape index (κ3) is 4.80. The van der Waals surface area contributed by atoms with Gasteiger partial charge in [0.15, 0.2) is 0 Å². The topological polar surface area (TPSA) is 69.7 Å². The van der Waals surface area contributed by atoms with Crippen LogP contribution in [0.4, 0.5) is 15.8 Å². The van der Waals surface area contributed by atoms with Crippen LogP contribution in [0.3, 0.4) is 0 Å². The smallest absolute Gasteiger partial charge is 0.258 e. The van der Waals surface area contributed by atoms with E-state index in [4.69, 9.17) is 0 Å². The number of anilines is 2. The number of benzene rings is 3. The van der Waals surface area contributed by atoms with Crippen molar-refractivity contribution in [2.75, 3.05) is 29.9 Å². The molecule has 2 aliphatic heterocycles. The number of fused-ring (bicyclic) bond motifs is 1. The van der Waals surface area contributed by atoms with Crippen LogP contribution in [0.2, 0.25) is 0 Å². The molecule has 1 N–H and O–H groups in total. The number of likely N-dealkylation sites (tertiary alicyclic amines) is 1. The van der Waals surface area contributed by atoms with E-state index in [1.807, 2.05) is 24.3 Å². The minimum absolute atomic E-state index is 0.0500. The second-order valence-corrected chi connectivity index (χ2v) is 8.98. The molecule has 0 radical (unpaired) electrons. The van der Waals surface area contributed by atoms with Crippen molar-refractivity contribution < 1.29 is 18.8 Å². The van der Waals surface area contributed by atoms with Gasteiger partial charge in [0.05, 0.1) is 0 Å². The third-order valence-electron chi connectivity index (χ3n) is 6.78. The molecule has 5 rings (SSSR count). The number of carbonyl (C=O) groups excluding carboxylic acids is 3. The first-order valence-electron chi connectivity index (χ1n) is 11.8. The van der Waals surface area contributed by atoms with E-state index in [-0.39, 0.29) is 29.5 Å². The van der Waals surface area contributed by atoms with Gasteiger partial charge in [-0.1, -0.05) is 18.2 Å². The van der Waals surface area contributed by atoms with Crippen molar-refractivity contribution in [3.8, 4) is 0 Å². The fourth-order valence-corrected chi connectivity index (χ4v) is 4.77. The Labute approximate surface area is 203 Å². The van der Waals surface area contributed by atoms with Crippen molar-refractivity contribution >= 4 is 29.1 Å². The molecule has 0 bridgehead atoms. The van der Waals surface area contributed by atoms with Gasteiger partial charge in [0.1, 0.15) is 5.82 Å². The second-order valence-electron chi connectivity index (χ2n) is 8.98. The minimum atomic E-state index is -0.379. The summed E-state index contributed by atoms with van der Waals surface area (Å²) >= 11 is 0. The van der Waals surface area contributed by atoms with E-state index in [1.165, 1.54) is 29.8 Å². The molecule has 3 amide bonds.